The summed E-state index contributed by atoms with van der Waals surface area (Å²) in [5.41, 5.74) is -0.706. The van der Waals surface area contributed by atoms with Gasteiger partial charge in [-0.05, 0) is 26.2 Å². The fourth-order valence-electron chi connectivity index (χ4n) is 3.16. The molecular weight excluding hydrogens is 320 g/mol. The predicted octanol–water partition coefficient (Wildman–Crippen LogP) is -0.291. The van der Waals surface area contributed by atoms with Crippen molar-refractivity contribution in [2.75, 3.05) is 25.4 Å². The number of amides is 1. The minimum Gasteiger partial charge on any atom is -0.390 e. The third kappa shape index (κ3) is 3.52. The Morgan fingerprint density at radius 1 is 1.48 bits per heavy atom. The molecule has 0 bridgehead atoms. The molecule has 0 radical (unpaired) electrons. The average Bonchev–Trinajstić information content (AvgIpc) is 2.96. The van der Waals surface area contributed by atoms with E-state index in [0.717, 1.165) is 5.82 Å². The third-order valence-corrected chi connectivity index (χ3v) is 5.40. The second-order valence-electron chi connectivity index (χ2n) is 6.09. The molecule has 23 heavy (non-hydrogen) atoms. The van der Waals surface area contributed by atoms with E-state index in [1.807, 2.05) is 6.92 Å². The highest BCUT2D eigenvalue weighted by atomic mass is 32.2. The molecule has 2 fully saturated rings. The molecule has 3 N–H and O–H groups in total. The van der Waals surface area contributed by atoms with Crippen LogP contribution in [0.4, 0.5) is 0 Å². The van der Waals surface area contributed by atoms with Crippen LogP contribution in [0.3, 0.4) is 0 Å². The smallest absolute Gasteiger partial charge is 0.233 e. The van der Waals surface area contributed by atoms with Crippen molar-refractivity contribution >= 4 is 17.7 Å². The van der Waals surface area contributed by atoms with E-state index in [4.69, 9.17) is 4.74 Å². The van der Waals surface area contributed by atoms with Crippen molar-refractivity contribution in [3.8, 4) is 0 Å². The molecule has 1 spiro atoms. The first-order chi connectivity index (χ1) is 11.0. The number of ether oxygens (including phenoxy) is 1. The number of nitrogens with one attached hydrogen (secondary N) is 1. The quantitative estimate of drug-likeness (QED) is 0.647. The molecule has 1 aromatic heterocycles. The molecule has 128 valence electrons. The number of aromatic nitrogens is 3. The fourth-order valence-corrected chi connectivity index (χ4v) is 3.90. The van der Waals surface area contributed by atoms with Gasteiger partial charge in [0.25, 0.3) is 0 Å². The number of aliphatic hydroxyl groups is 2. The van der Waals surface area contributed by atoms with Gasteiger partial charge in [-0.25, -0.2) is 4.98 Å². The first kappa shape index (κ1) is 16.7. The summed E-state index contributed by atoms with van der Waals surface area (Å²) in [6.45, 7) is 3.31. The molecule has 1 amide bonds. The molecule has 3 heterocycles. The lowest BCUT2D eigenvalue weighted by Crippen LogP contribution is -2.60. The molecule has 0 unspecified atom stereocenters. The molecule has 9 heteroatoms. The van der Waals surface area contributed by atoms with Gasteiger partial charge in [0, 0.05) is 13.1 Å². The fraction of sp³-hybridized carbons (Fsp3) is 0.786. The van der Waals surface area contributed by atoms with Crippen molar-refractivity contribution in [3.63, 3.8) is 0 Å². The Labute approximate surface area is 138 Å². The average molecular weight is 342 g/mol. The SMILES string of the molecule is Cc1nc(SCC(=O)N2CCC3(CC2)OCC[C@H](O)[C@@H]3O)n[nH]1. The standard InChI is InChI=1S/C14H22N4O4S/c1-9-15-13(17-16-9)23-8-11(20)18-5-3-14(4-6-18)12(21)10(19)2-7-22-14/h10,12,19,21H,2-8H2,1H3,(H,15,16,17)/t10-,12-/m0/s1. The molecule has 8 nitrogen and oxygen atoms in total. The maximum absolute atomic E-state index is 12.3. The predicted molar refractivity (Wildman–Crippen MR) is 83.0 cm³/mol. The summed E-state index contributed by atoms with van der Waals surface area (Å²) in [6.07, 6.45) is -0.0733. The molecule has 2 saturated heterocycles. The van der Waals surface area contributed by atoms with Crippen molar-refractivity contribution in [3.05, 3.63) is 5.82 Å². The Balaban J connectivity index is 1.51. The van der Waals surface area contributed by atoms with Crippen LogP contribution < -0.4 is 0 Å². The highest BCUT2D eigenvalue weighted by molar-refractivity contribution is 7.99. The first-order valence-corrected chi connectivity index (χ1v) is 8.78. The normalized spacial score (nSPS) is 27.3. The van der Waals surface area contributed by atoms with E-state index < -0.39 is 17.8 Å². The van der Waals surface area contributed by atoms with E-state index in [9.17, 15) is 15.0 Å². The number of H-pyrrole nitrogens is 1. The minimum absolute atomic E-state index is 0.0261. The zero-order valence-electron chi connectivity index (χ0n) is 13.1. The Morgan fingerprint density at radius 2 is 2.22 bits per heavy atom. The van der Waals surface area contributed by atoms with Gasteiger partial charge in [0.2, 0.25) is 11.1 Å². The van der Waals surface area contributed by atoms with Crippen LogP contribution in [-0.2, 0) is 9.53 Å². The lowest BCUT2D eigenvalue weighted by atomic mass is 9.80. The van der Waals surface area contributed by atoms with Crippen LogP contribution in [0, 0.1) is 6.92 Å². The lowest BCUT2D eigenvalue weighted by Gasteiger charge is -2.48. The van der Waals surface area contributed by atoms with Gasteiger partial charge >= 0.3 is 0 Å². The van der Waals surface area contributed by atoms with Crippen molar-refractivity contribution < 1.29 is 19.7 Å². The van der Waals surface area contributed by atoms with Crippen molar-refractivity contribution in [1.82, 2.24) is 20.1 Å². The van der Waals surface area contributed by atoms with Gasteiger partial charge < -0.3 is 19.8 Å². The summed E-state index contributed by atoms with van der Waals surface area (Å²) in [5.74, 6) is 1.04. The third-order valence-electron chi connectivity index (χ3n) is 4.57. The number of aryl methyl sites for hydroxylation is 1. The van der Waals surface area contributed by atoms with Crippen molar-refractivity contribution in [2.45, 2.75) is 49.2 Å². The largest absolute Gasteiger partial charge is 0.390 e. The molecule has 1 aromatic rings. The number of piperidine rings is 1. The molecule has 0 aliphatic carbocycles. The van der Waals surface area contributed by atoms with Gasteiger partial charge in [-0.1, -0.05) is 11.8 Å². The van der Waals surface area contributed by atoms with Gasteiger partial charge in [-0.2, -0.15) is 0 Å². The van der Waals surface area contributed by atoms with Crippen molar-refractivity contribution in [1.29, 1.82) is 0 Å². The number of aliphatic hydroxyl groups excluding tert-OH is 2. The first-order valence-electron chi connectivity index (χ1n) is 7.80. The number of hydrogen-bond donors (Lipinski definition) is 3. The number of likely N-dealkylation sites (tertiary alicyclic amines) is 1. The van der Waals surface area contributed by atoms with Crippen LogP contribution in [0.5, 0.6) is 0 Å². The Kier molecular flexibility index (Phi) is 4.90. The number of carbonyl (C=O) groups is 1. The second kappa shape index (κ2) is 6.76. The molecule has 2 aliphatic heterocycles. The Morgan fingerprint density at radius 3 is 2.87 bits per heavy atom. The van der Waals surface area contributed by atoms with E-state index in [1.54, 1.807) is 4.90 Å². The van der Waals surface area contributed by atoms with Gasteiger partial charge in [0.15, 0.2) is 0 Å². The number of carbonyl (C=O) groups excluding carboxylic acids is 1. The molecular formula is C14H22N4O4S. The highest BCUT2D eigenvalue weighted by Gasteiger charge is 2.47. The number of nitrogens with zero attached hydrogens (tertiary/aromatic N) is 3. The summed E-state index contributed by atoms with van der Waals surface area (Å²) in [6, 6.07) is 0. The van der Waals surface area contributed by atoms with Crippen molar-refractivity contribution in [2.24, 2.45) is 0 Å². The Bertz CT molecular complexity index is 559. The summed E-state index contributed by atoms with van der Waals surface area (Å²) in [5, 5.41) is 27.4. The summed E-state index contributed by atoms with van der Waals surface area (Å²) in [7, 11) is 0. The van der Waals surface area contributed by atoms with Gasteiger partial charge in [0.05, 0.1) is 24.1 Å². The topological polar surface area (TPSA) is 112 Å². The van der Waals surface area contributed by atoms with E-state index >= 15 is 0 Å². The minimum atomic E-state index is -0.876. The van der Waals surface area contributed by atoms with E-state index in [-0.39, 0.29) is 11.7 Å². The van der Waals surface area contributed by atoms with Crippen LogP contribution in [0.15, 0.2) is 5.16 Å². The lowest BCUT2D eigenvalue weighted by molar-refractivity contribution is -0.213. The van der Waals surface area contributed by atoms with Gasteiger partial charge in [-0.3, -0.25) is 9.89 Å². The maximum Gasteiger partial charge on any atom is 0.233 e. The van der Waals surface area contributed by atoms with E-state index in [1.165, 1.54) is 11.8 Å². The zero-order valence-corrected chi connectivity index (χ0v) is 13.9. The number of rotatable bonds is 3. The number of aromatic amines is 1. The molecule has 3 rings (SSSR count). The van der Waals surface area contributed by atoms with Gasteiger partial charge in [-0.15, -0.1) is 5.10 Å². The molecule has 2 aliphatic rings. The number of hydrogen-bond acceptors (Lipinski definition) is 7. The monoisotopic (exact) mass is 342 g/mol. The number of thioether (sulfide) groups is 1. The van der Waals surface area contributed by atoms with Gasteiger partial charge in [0.1, 0.15) is 11.9 Å². The molecule has 0 aromatic carbocycles. The maximum atomic E-state index is 12.3. The van der Waals surface area contributed by atoms with E-state index in [2.05, 4.69) is 15.2 Å². The highest BCUT2D eigenvalue weighted by Crippen LogP contribution is 2.35. The summed E-state index contributed by atoms with van der Waals surface area (Å²) < 4.78 is 5.77. The summed E-state index contributed by atoms with van der Waals surface area (Å²) >= 11 is 1.31. The van der Waals surface area contributed by atoms with Crippen LogP contribution in [0.25, 0.3) is 0 Å². The van der Waals surface area contributed by atoms with Crippen LogP contribution in [-0.4, -0.2) is 79.5 Å². The second-order valence-corrected chi connectivity index (χ2v) is 7.03. The summed E-state index contributed by atoms with van der Waals surface area (Å²) in [4.78, 5) is 18.2. The van der Waals surface area contributed by atoms with Crippen LogP contribution in [0.2, 0.25) is 0 Å². The Hall–Kier alpha value is -1.16. The molecule has 2 atom stereocenters. The molecule has 0 saturated carbocycles. The van der Waals surface area contributed by atoms with Crippen LogP contribution >= 0.6 is 11.8 Å². The van der Waals surface area contributed by atoms with E-state index in [0.29, 0.717) is 44.1 Å². The van der Waals surface area contributed by atoms with Crippen LogP contribution in [0.1, 0.15) is 25.1 Å². The zero-order chi connectivity index (χ0) is 16.4.